The van der Waals surface area contributed by atoms with Crippen LogP contribution < -0.4 is 5.32 Å². The van der Waals surface area contributed by atoms with Crippen LogP contribution in [0.1, 0.15) is 55.9 Å². The fourth-order valence-corrected chi connectivity index (χ4v) is 7.09. The van der Waals surface area contributed by atoms with Crippen LogP contribution in [-0.4, -0.2) is 24.6 Å². The average molecular weight is 430 g/mol. The maximum Gasteiger partial charge on any atom is 0.319 e. The summed E-state index contributed by atoms with van der Waals surface area (Å²) in [6.45, 7) is 0. The molecule has 0 bridgehead atoms. The van der Waals surface area contributed by atoms with E-state index in [1.807, 2.05) is 18.3 Å². The number of rotatable bonds is 6. The van der Waals surface area contributed by atoms with Gasteiger partial charge < -0.3 is 9.73 Å². The largest absolute Gasteiger partial charge is 0.411 e. The highest BCUT2D eigenvalue weighted by Crippen LogP contribution is 2.43. The number of hydrogen-bond donors (Lipinski definition) is 2. The minimum absolute atomic E-state index is 0.0642. The van der Waals surface area contributed by atoms with Crippen LogP contribution in [0, 0.1) is 4.78 Å². The fraction of sp³-hybridized carbons (Fsp3) is 0.450. The topological polar surface area (TPSA) is 105 Å². The highest BCUT2D eigenvalue weighted by atomic mass is 32.2. The van der Waals surface area contributed by atoms with Crippen molar-refractivity contribution in [3.63, 3.8) is 0 Å². The first kappa shape index (κ1) is 18.7. The van der Waals surface area contributed by atoms with E-state index in [1.54, 1.807) is 17.4 Å². The molecule has 0 radical (unpaired) electrons. The normalized spacial score (nSPS) is 19.7. The van der Waals surface area contributed by atoms with Gasteiger partial charge in [0.2, 0.25) is 6.39 Å². The van der Waals surface area contributed by atoms with Gasteiger partial charge in [0, 0.05) is 28.6 Å². The highest BCUT2D eigenvalue weighted by Gasteiger charge is 2.35. The van der Waals surface area contributed by atoms with Crippen LogP contribution in [0.4, 0.5) is 11.7 Å². The quantitative estimate of drug-likeness (QED) is 0.532. The lowest BCUT2D eigenvalue weighted by Gasteiger charge is -2.19. The van der Waals surface area contributed by atoms with Gasteiger partial charge >= 0.3 is 6.01 Å². The Kier molecular flexibility index (Phi) is 4.87. The molecule has 29 heavy (non-hydrogen) atoms. The predicted octanol–water partition coefficient (Wildman–Crippen LogP) is 5.55. The van der Waals surface area contributed by atoms with Gasteiger partial charge in [-0.05, 0) is 37.8 Å². The van der Waals surface area contributed by atoms with Gasteiger partial charge in [-0.15, -0.1) is 16.4 Å². The van der Waals surface area contributed by atoms with Gasteiger partial charge in [-0.3, -0.25) is 0 Å². The molecule has 1 unspecified atom stereocenters. The molecule has 1 aromatic carbocycles. The molecule has 7 nitrogen and oxygen atoms in total. The summed E-state index contributed by atoms with van der Waals surface area (Å²) < 4.78 is 27.2. The van der Waals surface area contributed by atoms with Crippen molar-refractivity contribution in [1.82, 2.24) is 15.2 Å². The van der Waals surface area contributed by atoms with Crippen molar-refractivity contribution >= 4 is 32.8 Å². The second-order valence-electron chi connectivity index (χ2n) is 7.78. The van der Waals surface area contributed by atoms with Gasteiger partial charge in [0.05, 0.1) is 24.5 Å². The number of thiazole rings is 1. The third kappa shape index (κ3) is 3.81. The Labute approximate surface area is 173 Å². The molecule has 1 atom stereocenters. The van der Waals surface area contributed by atoms with Crippen molar-refractivity contribution in [3.05, 3.63) is 35.8 Å². The van der Waals surface area contributed by atoms with Gasteiger partial charge in [-0.2, -0.15) is 0 Å². The third-order valence-electron chi connectivity index (χ3n) is 5.66. The molecule has 0 amide bonds. The predicted molar refractivity (Wildman–Crippen MR) is 113 cm³/mol. The van der Waals surface area contributed by atoms with Crippen LogP contribution in [0.15, 0.2) is 40.1 Å². The maximum atomic E-state index is 13.4. The Balaban J connectivity index is 1.52. The van der Waals surface area contributed by atoms with Crippen LogP contribution in [-0.2, 0) is 9.73 Å². The molecule has 2 aromatic heterocycles. The summed E-state index contributed by atoms with van der Waals surface area (Å²) in [4.78, 5) is 6.26. The van der Waals surface area contributed by atoms with Crippen LogP contribution in [0.25, 0.3) is 10.4 Å². The van der Waals surface area contributed by atoms with Crippen LogP contribution in [0.2, 0.25) is 0 Å². The summed E-state index contributed by atoms with van der Waals surface area (Å²) in [5.41, 5.74) is 1.54. The van der Waals surface area contributed by atoms with Gasteiger partial charge in [-0.1, -0.05) is 30.4 Å². The molecule has 2 N–H and O–H groups in total. The van der Waals surface area contributed by atoms with Crippen LogP contribution in [0.3, 0.4) is 0 Å². The molecular formula is C20H23N5O2S2. The summed E-state index contributed by atoms with van der Waals surface area (Å²) in [6, 6.07) is 5.89. The van der Waals surface area contributed by atoms with Crippen molar-refractivity contribution < 1.29 is 8.63 Å². The van der Waals surface area contributed by atoms with E-state index < -0.39 is 9.73 Å². The molecule has 2 aliphatic carbocycles. The molecule has 5 rings (SSSR count). The maximum absolute atomic E-state index is 13.4. The Morgan fingerprint density at radius 3 is 2.72 bits per heavy atom. The number of hydrogen-bond acceptors (Lipinski definition) is 8. The zero-order valence-electron chi connectivity index (χ0n) is 16.0. The summed E-state index contributed by atoms with van der Waals surface area (Å²) >= 11 is 1.68. The lowest BCUT2D eigenvalue weighted by atomic mass is 9.90. The first-order chi connectivity index (χ1) is 14.1. The minimum atomic E-state index is -2.89. The lowest BCUT2D eigenvalue weighted by Crippen LogP contribution is -2.07. The summed E-state index contributed by atoms with van der Waals surface area (Å²) in [6.07, 6.45) is 11.1. The van der Waals surface area contributed by atoms with E-state index >= 15 is 0 Å². The Morgan fingerprint density at radius 1 is 1.17 bits per heavy atom. The zero-order valence-corrected chi connectivity index (χ0v) is 17.6. The number of anilines is 2. The molecule has 2 heterocycles. The van der Waals surface area contributed by atoms with Crippen LogP contribution in [0.5, 0.6) is 0 Å². The van der Waals surface area contributed by atoms with Crippen molar-refractivity contribution in [3.8, 4) is 10.4 Å². The van der Waals surface area contributed by atoms with Crippen molar-refractivity contribution in [2.75, 3.05) is 5.32 Å². The minimum Gasteiger partial charge on any atom is -0.411 e. The standard InChI is InChI=1S/C20H23N5O2S2/c21-29(26,15-7-8-15)18-10-14(24-20-25-23-12-27-20)6-9-16(18)17-11-22-19(28-17)13-4-2-1-3-5-13/h6,9-13,15,21H,1-5,7-8H2,(H,24,25). The van der Waals surface area contributed by atoms with E-state index in [0.717, 1.165) is 23.3 Å². The third-order valence-corrected chi connectivity index (χ3v) is 9.25. The average Bonchev–Trinajstić information content (AvgIpc) is 3.28. The molecule has 0 spiro atoms. The number of nitrogens with zero attached hydrogens (tertiary/aromatic N) is 3. The SMILES string of the molecule is N=S(=O)(c1cc(Nc2nnco2)ccc1-c1cnc(C2CCCCC2)s1)C1CC1. The first-order valence-electron chi connectivity index (χ1n) is 10.0. The Bertz CT molecular complexity index is 1100. The molecule has 152 valence electrons. The smallest absolute Gasteiger partial charge is 0.319 e. The van der Waals surface area contributed by atoms with Gasteiger partial charge in [-0.25, -0.2) is 14.0 Å². The molecule has 2 saturated carbocycles. The Hall–Kier alpha value is -2.26. The van der Waals surface area contributed by atoms with Crippen molar-refractivity contribution in [2.45, 2.75) is 61.0 Å². The summed E-state index contributed by atoms with van der Waals surface area (Å²) in [5, 5.41) is 11.6. The van der Waals surface area contributed by atoms with E-state index in [4.69, 9.17) is 14.2 Å². The molecule has 2 fully saturated rings. The van der Waals surface area contributed by atoms with E-state index in [0.29, 0.717) is 16.5 Å². The van der Waals surface area contributed by atoms with Gasteiger partial charge in [0.15, 0.2) is 0 Å². The molecule has 9 heteroatoms. The zero-order chi connectivity index (χ0) is 19.8. The fourth-order valence-electron chi connectivity index (χ4n) is 3.94. The molecule has 2 aliphatic rings. The second kappa shape index (κ2) is 7.53. The number of nitrogens with one attached hydrogen (secondary N) is 2. The molecule has 0 aliphatic heterocycles. The summed E-state index contributed by atoms with van der Waals surface area (Å²) in [5.74, 6) is 0.535. The number of aromatic nitrogens is 3. The van der Waals surface area contributed by atoms with Crippen molar-refractivity contribution in [2.24, 2.45) is 0 Å². The highest BCUT2D eigenvalue weighted by molar-refractivity contribution is 7.93. The van der Waals surface area contributed by atoms with E-state index in [1.165, 1.54) is 43.5 Å². The molecule has 3 aromatic rings. The van der Waals surface area contributed by atoms with E-state index in [2.05, 4.69) is 15.5 Å². The van der Waals surface area contributed by atoms with Gasteiger partial charge in [0.1, 0.15) is 0 Å². The lowest BCUT2D eigenvalue weighted by molar-refractivity contribution is 0.442. The van der Waals surface area contributed by atoms with Gasteiger partial charge in [0.25, 0.3) is 0 Å². The Morgan fingerprint density at radius 2 is 2.00 bits per heavy atom. The summed E-state index contributed by atoms with van der Waals surface area (Å²) in [7, 11) is -2.89. The first-order valence-corrected chi connectivity index (χ1v) is 12.5. The molecule has 0 saturated heterocycles. The molecular weight excluding hydrogens is 406 g/mol. The van der Waals surface area contributed by atoms with Crippen LogP contribution >= 0.6 is 11.3 Å². The van der Waals surface area contributed by atoms with Crippen molar-refractivity contribution in [1.29, 1.82) is 4.78 Å². The second-order valence-corrected chi connectivity index (χ2v) is 11.1. The monoisotopic (exact) mass is 429 g/mol. The van der Waals surface area contributed by atoms with E-state index in [-0.39, 0.29) is 11.3 Å². The number of benzene rings is 1. The van der Waals surface area contributed by atoms with E-state index in [9.17, 15) is 4.21 Å².